The van der Waals surface area contributed by atoms with E-state index >= 15 is 0 Å². The van der Waals surface area contributed by atoms with Gasteiger partial charge in [-0.05, 0) is 12.5 Å². The van der Waals surface area contributed by atoms with Crippen LogP contribution in [-0.2, 0) is 30.9 Å². The van der Waals surface area contributed by atoms with Gasteiger partial charge >= 0.3 is 0 Å². The maximum absolute atomic E-state index is 12.3. The lowest BCUT2D eigenvalue weighted by atomic mass is 10.2. The van der Waals surface area contributed by atoms with Crippen molar-refractivity contribution in [2.24, 2.45) is 0 Å². The molecule has 0 spiro atoms. The summed E-state index contributed by atoms with van der Waals surface area (Å²) in [5.74, 6) is 0.0936. The van der Waals surface area contributed by atoms with Crippen molar-refractivity contribution in [2.45, 2.75) is 32.5 Å². The summed E-state index contributed by atoms with van der Waals surface area (Å²) >= 11 is 1.50. The Labute approximate surface area is 120 Å². The van der Waals surface area contributed by atoms with E-state index in [0.717, 1.165) is 30.9 Å². The average molecular weight is 292 g/mol. The Morgan fingerprint density at radius 2 is 2.30 bits per heavy atom. The molecular formula is C13H16N4O2S. The molecule has 0 saturated carbocycles. The second kappa shape index (κ2) is 5.72. The first kappa shape index (κ1) is 13.3. The number of hydrogen-bond acceptors (Lipinski definition) is 5. The summed E-state index contributed by atoms with van der Waals surface area (Å²) in [5, 5.41) is 15.4. The van der Waals surface area contributed by atoms with E-state index < -0.39 is 0 Å². The number of rotatable bonds is 3. The number of aliphatic hydroxyl groups is 1. The molecule has 3 heterocycles. The smallest absolute Gasteiger partial charge is 0.228 e. The second-order valence-electron chi connectivity index (χ2n) is 4.83. The Morgan fingerprint density at radius 1 is 1.40 bits per heavy atom. The second-order valence-corrected chi connectivity index (χ2v) is 5.55. The van der Waals surface area contributed by atoms with Gasteiger partial charge in [-0.1, -0.05) is 0 Å². The van der Waals surface area contributed by atoms with E-state index in [-0.39, 0.29) is 12.5 Å². The lowest BCUT2D eigenvalue weighted by molar-refractivity contribution is -0.131. The first-order valence-corrected chi connectivity index (χ1v) is 7.52. The Hall–Kier alpha value is -1.73. The molecule has 2 aromatic heterocycles. The van der Waals surface area contributed by atoms with Crippen LogP contribution in [0.2, 0.25) is 0 Å². The van der Waals surface area contributed by atoms with E-state index in [4.69, 9.17) is 5.11 Å². The third-order valence-corrected chi connectivity index (χ3v) is 4.03. The van der Waals surface area contributed by atoms with Crippen LogP contribution >= 0.6 is 11.3 Å². The van der Waals surface area contributed by atoms with Gasteiger partial charge in [0.1, 0.15) is 0 Å². The fourth-order valence-corrected chi connectivity index (χ4v) is 2.96. The number of hydrogen-bond donors (Lipinski definition) is 1. The average Bonchev–Trinajstić information content (AvgIpc) is 3.04. The molecule has 0 aromatic carbocycles. The van der Waals surface area contributed by atoms with E-state index in [0.29, 0.717) is 18.7 Å². The van der Waals surface area contributed by atoms with Crippen LogP contribution in [0.3, 0.4) is 0 Å². The van der Waals surface area contributed by atoms with Crippen LogP contribution in [0.4, 0.5) is 0 Å². The SMILES string of the molecule is O=C(Cc1cscn1)N1CCCn2nc(CO)cc2C1. The lowest BCUT2D eigenvalue weighted by Crippen LogP contribution is -2.32. The Kier molecular flexibility index (Phi) is 3.79. The molecule has 0 bridgehead atoms. The van der Waals surface area contributed by atoms with Crippen LogP contribution in [0.1, 0.15) is 23.5 Å². The van der Waals surface area contributed by atoms with E-state index in [9.17, 15) is 4.79 Å². The first-order valence-electron chi connectivity index (χ1n) is 6.57. The van der Waals surface area contributed by atoms with Crippen molar-refractivity contribution in [3.63, 3.8) is 0 Å². The molecule has 20 heavy (non-hydrogen) atoms. The number of aryl methyl sites for hydroxylation is 1. The van der Waals surface area contributed by atoms with Gasteiger partial charge in [-0.2, -0.15) is 5.10 Å². The number of amides is 1. The predicted molar refractivity (Wildman–Crippen MR) is 74.0 cm³/mol. The molecule has 2 aromatic rings. The monoisotopic (exact) mass is 292 g/mol. The fourth-order valence-electron chi connectivity index (χ4n) is 2.40. The van der Waals surface area contributed by atoms with Gasteiger partial charge in [-0.15, -0.1) is 11.3 Å². The highest BCUT2D eigenvalue weighted by Crippen LogP contribution is 2.15. The van der Waals surface area contributed by atoms with Crippen molar-refractivity contribution in [1.29, 1.82) is 0 Å². The van der Waals surface area contributed by atoms with Crippen molar-refractivity contribution in [3.8, 4) is 0 Å². The molecule has 0 fully saturated rings. The van der Waals surface area contributed by atoms with Gasteiger partial charge in [0.25, 0.3) is 0 Å². The molecule has 1 N–H and O–H groups in total. The van der Waals surface area contributed by atoms with Crippen LogP contribution in [0.15, 0.2) is 17.0 Å². The summed E-state index contributed by atoms with van der Waals surface area (Å²) in [6, 6.07) is 1.87. The zero-order chi connectivity index (χ0) is 13.9. The van der Waals surface area contributed by atoms with Gasteiger partial charge in [-0.25, -0.2) is 4.98 Å². The molecule has 0 unspecified atom stereocenters. The minimum atomic E-state index is -0.0627. The van der Waals surface area contributed by atoms with Crippen molar-refractivity contribution in [2.75, 3.05) is 6.54 Å². The molecule has 0 aliphatic carbocycles. The normalized spacial score (nSPS) is 14.9. The maximum Gasteiger partial charge on any atom is 0.228 e. The molecule has 0 atom stereocenters. The highest BCUT2D eigenvalue weighted by atomic mass is 32.1. The number of nitrogens with zero attached hydrogens (tertiary/aromatic N) is 4. The molecular weight excluding hydrogens is 276 g/mol. The van der Waals surface area contributed by atoms with Gasteiger partial charge in [0, 0.05) is 18.5 Å². The van der Waals surface area contributed by atoms with Crippen LogP contribution in [0, 0.1) is 0 Å². The van der Waals surface area contributed by atoms with Crippen molar-refractivity contribution in [1.82, 2.24) is 19.7 Å². The van der Waals surface area contributed by atoms with Gasteiger partial charge in [0.15, 0.2) is 0 Å². The fraction of sp³-hybridized carbons (Fsp3) is 0.462. The summed E-state index contributed by atoms with van der Waals surface area (Å²) < 4.78 is 1.89. The molecule has 1 aliphatic heterocycles. The standard InChI is InChI=1S/C13H16N4O2S/c18-7-10-4-12-6-16(2-1-3-17(12)15-10)13(19)5-11-8-20-9-14-11/h4,8-9,18H,1-3,5-7H2. The maximum atomic E-state index is 12.3. The number of thiazole rings is 1. The number of carbonyl (C=O) groups is 1. The summed E-state index contributed by atoms with van der Waals surface area (Å²) in [6.45, 7) is 2.01. The molecule has 6 nitrogen and oxygen atoms in total. The quantitative estimate of drug-likeness (QED) is 0.908. The summed E-state index contributed by atoms with van der Waals surface area (Å²) in [5.41, 5.74) is 4.22. The highest BCUT2D eigenvalue weighted by Gasteiger charge is 2.21. The third kappa shape index (κ3) is 2.73. The molecule has 1 amide bonds. The summed E-state index contributed by atoms with van der Waals surface area (Å²) in [6.07, 6.45) is 1.23. The number of fused-ring (bicyclic) bond motifs is 1. The minimum Gasteiger partial charge on any atom is -0.390 e. The largest absolute Gasteiger partial charge is 0.390 e. The Morgan fingerprint density at radius 3 is 3.05 bits per heavy atom. The van der Waals surface area contributed by atoms with Crippen LogP contribution in [0.25, 0.3) is 0 Å². The summed E-state index contributed by atoms with van der Waals surface area (Å²) in [4.78, 5) is 18.3. The zero-order valence-corrected chi connectivity index (χ0v) is 11.8. The first-order chi connectivity index (χ1) is 9.76. The van der Waals surface area contributed by atoms with Crippen LogP contribution < -0.4 is 0 Å². The van der Waals surface area contributed by atoms with E-state index in [1.54, 1.807) is 5.51 Å². The molecule has 3 rings (SSSR count). The highest BCUT2D eigenvalue weighted by molar-refractivity contribution is 7.07. The number of aromatic nitrogens is 3. The van der Waals surface area contributed by atoms with E-state index in [2.05, 4.69) is 10.1 Å². The minimum absolute atomic E-state index is 0.0627. The Bertz CT molecular complexity index is 594. The Balaban J connectivity index is 1.72. The van der Waals surface area contributed by atoms with Crippen molar-refractivity contribution < 1.29 is 9.90 Å². The van der Waals surface area contributed by atoms with Crippen LogP contribution in [0.5, 0.6) is 0 Å². The predicted octanol–water partition coefficient (Wildman–Crippen LogP) is 0.807. The molecule has 1 aliphatic rings. The topological polar surface area (TPSA) is 71.2 Å². The molecule has 7 heteroatoms. The molecule has 106 valence electrons. The molecule has 0 saturated heterocycles. The third-order valence-electron chi connectivity index (χ3n) is 3.40. The lowest BCUT2D eigenvalue weighted by Gasteiger charge is -2.19. The summed E-state index contributed by atoms with van der Waals surface area (Å²) in [7, 11) is 0. The number of aliphatic hydroxyl groups excluding tert-OH is 1. The van der Waals surface area contributed by atoms with Gasteiger partial charge in [-0.3, -0.25) is 9.48 Å². The van der Waals surface area contributed by atoms with Crippen molar-refractivity contribution >= 4 is 17.2 Å². The van der Waals surface area contributed by atoms with Gasteiger partial charge in [0.2, 0.25) is 5.91 Å². The van der Waals surface area contributed by atoms with Crippen LogP contribution in [-0.4, -0.2) is 37.2 Å². The van der Waals surface area contributed by atoms with E-state index in [1.165, 1.54) is 11.3 Å². The van der Waals surface area contributed by atoms with Crippen molar-refractivity contribution in [3.05, 3.63) is 34.0 Å². The van der Waals surface area contributed by atoms with E-state index in [1.807, 2.05) is 21.0 Å². The number of carbonyl (C=O) groups excluding carboxylic acids is 1. The molecule has 0 radical (unpaired) electrons. The van der Waals surface area contributed by atoms with Gasteiger partial charge in [0.05, 0.1) is 42.2 Å². The zero-order valence-electron chi connectivity index (χ0n) is 11.0. The van der Waals surface area contributed by atoms with Gasteiger partial charge < -0.3 is 10.0 Å².